The second-order valence-electron chi connectivity index (χ2n) is 4.81. The van der Waals surface area contributed by atoms with E-state index in [0.29, 0.717) is 5.02 Å². The molecule has 0 heterocycles. The van der Waals surface area contributed by atoms with Gasteiger partial charge in [0, 0.05) is 5.56 Å². The van der Waals surface area contributed by atoms with Crippen molar-refractivity contribution in [1.29, 1.82) is 0 Å². The van der Waals surface area contributed by atoms with Crippen LogP contribution in [0.1, 0.15) is 10.4 Å². The van der Waals surface area contributed by atoms with Gasteiger partial charge in [0.15, 0.2) is 11.6 Å². The Morgan fingerprint density at radius 1 is 1.04 bits per heavy atom. The minimum atomic E-state index is -0.648. The zero-order chi connectivity index (χ0) is 18.2. The largest absolute Gasteiger partial charge is 0.487 e. The highest BCUT2D eigenvalue weighted by Crippen LogP contribution is 2.22. The molecule has 0 unspecified atom stereocenters. The Kier molecular flexibility index (Phi) is 7.03. The Bertz CT molecular complexity index is 770. The molecule has 0 saturated carbocycles. The Morgan fingerprint density at radius 2 is 1.80 bits per heavy atom. The van der Waals surface area contributed by atoms with E-state index in [-0.39, 0.29) is 36.1 Å². The summed E-state index contributed by atoms with van der Waals surface area (Å²) in [6.07, 6.45) is 0. The summed E-state index contributed by atoms with van der Waals surface area (Å²) >= 11 is 11.6. The molecule has 2 aromatic rings. The second kappa shape index (κ2) is 9.25. The summed E-state index contributed by atoms with van der Waals surface area (Å²) in [6.45, 7) is -0.401. The van der Waals surface area contributed by atoms with E-state index in [1.807, 2.05) is 0 Å². The van der Waals surface area contributed by atoms with Crippen molar-refractivity contribution in [2.45, 2.75) is 0 Å². The topological polar surface area (TPSA) is 64.6 Å². The smallest absolute Gasteiger partial charge is 0.325 e. The fraction of sp³-hybridized carbons (Fsp3) is 0.176. The number of hydrogen-bond donors (Lipinski definition) is 1. The van der Waals surface area contributed by atoms with Crippen molar-refractivity contribution < 1.29 is 23.5 Å². The molecule has 0 radical (unpaired) electrons. The van der Waals surface area contributed by atoms with Crippen LogP contribution in [0.4, 0.5) is 4.39 Å². The van der Waals surface area contributed by atoms with Gasteiger partial charge < -0.3 is 14.8 Å². The van der Waals surface area contributed by atoms with Crippen LogP contribution in [0.2, 0.25) is 10.0 Å². The zero-order valence-corrected chi connectivity index (χ0v) is 14.4. The first-order valence-electron chi connectivity index (χ1n) is 7.23. The molecule has 25 heavy (non-hydrogen) atoms. The normalized spacial score (nSPS) is 10.2. The minimum Gasteiger partial charge on any atom is -0.487 e. The van der Waals surface area contributed by atoms with E-state index in [4.69, 9.17) is 32.7 Å². The summed E-state index contributed by atoms with van der Waals surface area (Å²) in [5.41, 5.74) is 0.269. The number of para-hydroxylation sites is 1. The Balaban J connectivity index is 1.69. The molecule has 0 spiro atoms. The van der Waals surface area contributed by atoms with Gasteiger partial charge in [0.1, 0.15) is 19.8 Å². The van der Waals surface area contributed by atoms with Gasteiger partial charge in [-0.05, 0) is 30.3 Å². The molecule has 0 bridgehead atoms. The third-order valence-electron chi connectivity index (χ3n) is 3.02. The summed E-state index contributed by atoms with van der Waals surface area (Å²) in [5.74, 6) is -1.56. The summed E-state index contributed by atoms with van der Waals surface area (Å²) < 4.78 is 23.3. The number of amides is 1. The quantitative estimate of drug-likeness (QED) is 0.585. The van der Waals surface area contributed by atoms with Gasteiger partial charge in [-0.15, -0.1) is 0 Å². The van der Waals surface area contributed by atoms with Crippen LogP contribution in [-0.4, -0.2) is 31.6 Å². The molecule has 1 N–H and O–H groups in total. The maximum absolute atomic E-state index is 13.3. The average molecular weight is 386 g/mol. The molecular formula is C17H14Cl2FNO4. The van der Waals surface area contributed by atoms with Crippen molar-refractivity contribution in [3.05, 3.63) is 63.9 Å². The number of nitrogens with one attached hydrogen (secondary N) is 1. The second-order valence-corrected chi connectivity index (χ2v) is 5.63. The van der Waals surface area contributed by atoms with E-state index in [0.717, 1.165) is 0 Å². The first-order chi connectivity index (χ1) is 12.0. The Morgan fingerprint density at radius 3 is 2.52 bits per heavy atom. The standard InChI is InChI=1S/C17H14Cl2FNO4/c18-12-6-5-11(9-13(12)19)17(23)21-10-16(22)25-8-7-24-15-4-2-1-3-14(15)20/h1-6,9H,7-8,10H2,(H,21,23). The number of benzene rings is 2. The van der Waals surface area contributed by atoms with E-state index in [1.165, 1.54) is 30.3 Å². The van der Waals surface area contributed by atoms with Gasteiger partial charge in [-0.2, -0.15) is 0 Å². The number of halogens is 3. The van der Waals surface area contributed by atoms with E-state index >= 15 is 0 Å². The van der Waals surface area contributed by atoms with Crippen molar-refractivity contribution in [1.82, 2.24) is 5.32 Å². The van der Waals surface area contributed by atoms with E-state index in [1.54, 1.807) is 12.1 Å². The van der Waals surface area contributed by atoms with Crippen LogP contribution in [0.3, 0.4) is 0 Å². The van der Waals surface area contributed by atoms with Gasteiger partial charge in [0.2, 0.25) is 0 Å². The molecule has 2 aromatic carbocycles. The van der Waals surface area contributed by atoms with Crippen LogP contribution in [0.25, 0.3) is 0 Å². The van der Waals surface area contributed by atoms with Crippen molar-refractivity contribution >= 4 is 35.1 Å². The predicted octanol–water partition coefficient (Wildman–Crippen LogP) is 3.48. The summed E-state index contributed by atoms with van der Waals surface area (Å²) in [5, 5.41) is 2.96. The molecule has 0 aliphatic heterocycles. The van der Waals surface area contributed by atoms with Crippen molar-refractivity contribution in [2.75, 3.05) is 19.8 Å². The van der Waals surface area contributed by atoms with Gasteiger partial charge in [0.25, 0.3) is 5.91 Å². The molecule has 0 aliphatic carbocycles. The lowest BCUT2D eigenvalue weighted by atomic mass is 10.2. The van der Waals surface area contributed by atoms with Crippen LogP contribution in [0.15, 0.2) is 42.5 Å². The summed E-state index contributed by atoms with van der Waals surface area (Å²) in [4.78, 5) is 23.4. The minimum absolute atomic E-state index is 0.00654. The van der Waals surface area contributed by atoms with Gasteiger partial charge >= 0.3 is 5.97 Å². The van der Waals surface area contributed by atoms with E-state index in [9.17, 15) is 14.0 Å². The highest BCUT2D eigenvalue weighted by Gasteiger charge is 2.10. The van der Waals surface area contributed by atoms with Crippen LogP contribution in [0.5, 0.6) is 5.75 Å². The zero-order valence-electron chi connectivity index (χ0n) is 12.9. The highest BCUT2D eigenvalue weighted by molar-refractivity contribution is 6.42. The average Bonchev–Trinajstić information content (AvgIpc) is 2.60. The lowest BCUT2D eigenvalue weighted by molar-refractivity contribution is -0.143. The number of carbonyl (C=O) groups is 2. The maximum atomic E-state index is 13.3. The van der Waals surface area contributed by atoms with Crippen LogP contribution < -0.4 is 10.1 Å². The third kappa shape index (κ3) is 5.92. The number of esters is 1. The van der Waals surface area contributed by atoms with E-state index < -0.39 is 17.7 Å². The summed E-state index contributed by atoms with van der Waals surface area (Å²) in [7, 11) is 0. The van der Waals surface area contributed by atoms with Crippen molar-refractivity contribution in [2.24, 2.45) is 0 Å². The number of hydrogen-bond acceptors (Lipinski definition) is 4. The fourth-order valence-electron chi connectivity index (χ4n) is 1.81. The monoisotopic (exact) mass is 385 g/mol. The molecule has 0 aromatic heterocycles. The number of rotatable bonds is 7. The first-order valence-corrected chi connectivity index (χ1v) is 7.99. The van der Waals surface area contributed by atoms with Gasteiger partial charge in [-0.3, -0.25) is 9.59 Å². The van der Waals surface area contributed by atoms with Crippen LogP contribution >= 0.6 is 23.2 Å². The van der Waals surface area contributed by atoms with Gasteiger partial charge in [-0.25, -0.2) is 4.39 Å². The Labute approximate surface area is 153 Å². The van der Waals surface area contributed by atoms with Crippen LogP contribution in [-0.2, 0) is 9.53 Å². The molecule has 2 rings (SSSR count). The maximum Gasteiger partial charge on any atom is 0.325 e. The lowest BCUT2D eigenvalue weighted by Crippen LogP contribution is -2.31. The molecule has 8 heteroatoms. The van der Waals surface area contributed by atoms with Crippen molar-refractivity contribution in [3.63, 3.8) is 0 Å². The molecule has 0 aliphatic rings. The molecular weight excluding hydrogens is 372 g/mol. The van der Waals surface area contributed by atoms with Crippen molar-refractivity contribution in [3.8, 4) is 5.75 Å². The first kappa shape index (κ1) is 19.0. The fourth-order valence-corrected chi connectivity index (χ4v) is 2.11. The molecule has 132 valence electrons. The molecule has 1 amide bonds. The molecule has 0 atom stereocenters. The summed E-state index contributed by atoms with van der Waals surface area (Å²) in [6, 6.07) is 10.3. The molecule has 5 nitrogen and oxygen atoms in total. The van der Waals surface area contributed by atoms with Gasteiger partial charge in [0.05, 0.1) is 10.0 Å². The molecule has 0 fully saturated rings. The lowest BCUT2D eigenvalue weighted by Gasteiger charge is -2.09. The van der Waals surface area contributed by atoms with E-state index in [2.05, 4.69) is 5.32 Å². The number of ether oxygens (including phenoxy) is 2. The SMILES string of the molecule is O=C(CNC(=O)c1ccc(Cl)c(Cl)c1)OCCOc1ccccc1F. The third-order valence-corrected chi connectivity index (χ3v) is 3.75. The van der Waals surface area contributed by atoms with Crippen LogP contribution in [0, 0.1) is 5.82 Å². The van der Waals surface area contributed by atoms with Gasteiger partial charge in [-0.1, -0.05) is 35.3 Å². The Hall–Kier alpha value is -2.31. The molecule has 0 saturated heterocycles. The highest BCUT2D eigenvalue weighted by atomic mass is 35.5. The number of carbonyl (C=O) groups excluding carboxylic acids is 2. The predicted molar refractivity (Wildman–Crippen MR) is 91.6 cm³/mol.